The third kappa shape index (κ3) is 6.37. The highest BCUT2D eigenvalue weighted by Gasteiger charge is 2.19. The normalized spacial score (nSPS) is 17.7. The zero-order chi connectivity index (χ0) is 21.6. The second kappa shape index (κ2) is 10.2. The number of aryl methyl sites for hydroxylation is 2. The first-order chi connectivity index (χ1) is 14.3. The average molecular weight is 435 g/mol. The quantitative estimate of drug-likeness (QED) is 0.603. The summed E-state index contributed by atoms with van der Waals surface area (Å²) in [4.78, 5) is 18.9. The zero-order valence-electron chi connectivity index (χ0n) is 17.6. The van der Waals surface area contributed by atoms with E-state index in [2.05, 4.69) is 27.3 Å². The maximum Gasteiger partial charge on any atom is 0.315 e. The van der Waals surface area contributed by atoms with Gasteiger partial charge in [-0.2, -0.15) is 4.98 Å². The van der Waals surface area contributed by atoms with Crippen LogP contribution in [0.2, 0.25) is 0 Å². The molecule has 1 saturated heterocycles. The van der Waals surface area contributed by atoms with Gasteiger partial charge in [0.05, 0.1) is 10.6 Å². The van der Waals surface area contributed by atoms with E-state index in [0.717, 1.165) is 37.5 Å². The van der Waals surface area contributed by atoms with E-state index in [1.165, 1.54) is 12.8 Å². The van der Waals surface area contributed by atoms with Crippen LogP contribution in [0.5, 0.6) is 0 Å². The van der Waals surface area contributed by atoms with E-state index >= 15 is 0 Å². The number of aromatic nitrogens is 2. The molecule has 2 aromatic rings. The van der Waals surface area contributed by atoms with Crippen LogP contribution in [0, 0.1) is 12.8 Å². The lowest BCUT2D eigenvalue weighted by Gasteiger charge is -2.30. The molecule has 1 aromatic carbocycles. The molecule has 3 rings (SSSR count). The highest BCUT2D eigenvalue weighted by molar-refractivity contribution is 7.91. The summed E-state index contributed by atoms with van der Waals surface area (Å²) < 4.78 is 29.8. The number of piperidine rings is 1. The Balaban J connectivity index is 1.42. The summed E-state index contributed by atoms with van der Waals surface area (Å²) in [5, 5.41) is 6.52. The summed E-state index contributed by atoms with van der Waals surface area (Å²) in [6.07, 6.45) is 3.46. The molecule has 1 aliphatic rings. The lowest BCUT2D eigenvalue weighted by Crippen LogP contribution is -2.36. The topological polar surface area (TPSA) is 105 Å². The summed E-state index contributed by atoms with van der Waals surface area (Å²) in [5.41, 5.74) is 0.994. The minimum Gasteiger partial charge on any atom is -0.348 e. The van der Waals surface area contributed by atoms with Crippen molar-refractivity contribution < 1.29 is 17.7 Å². The Morgan fingerprint density at radius 3 is 2.80 bits per heavy atom. The van der Waals surface area contributed by atoms with Gasteiger partial charge in [0.25, 0.3) is 0 Å². The van der Waals surface area contributed by atoms with Crippen LogP contribution in [0.4, 0.5) is 0 Å². The Kier molecular flexibility index (Phi) is 7.60. The predicted octanol–water partition coefficient (Wildman–Crippen LogP) is 2.25. The Labute approximate surface area is 178 Å². The van der Waals surface area contributed by atoms with Crippen molar-refractivity contribution in [1.29, 1.82) is 0 Å². The number of amides is 1. The molecule has 0 spiro atoms. The van der Waals surface area contributed by atoms with Gasteiger partial charge in [-0.05, 0) is 57.3 Å². The van der Waals surface area contributed by atoms with Crippen molar-refractivity contribution in [3.8, 4) is 0 Å². The SMILES string of the molecule is Cc1ccc(S(=O)(=O)CCc2noc(C(=O)NCCCN3CCC[C@@H](C)C3)n2)cc1. The van der Waals surface area contributed by atoms with E-state index in [1.54, 1.807) is 24.3 Å². The van der Waals surface area contributed by atoms with E-state index in [4.69, 9.17) is 4.52 Å². The van der Waals surface area contributed by atoms with Gasteiger partial charge in [0.2, 0.25) is 0 Å². The molecule has 30 heavy (non-hydrogen) atoms. The van der Waals surface area contributed by atoms with Crippen molar-refractivity contribution in [2.45, 2.75) is 44.4 Å². The van der Waals surface area contributed by atoms with Crippen LogP contribution in [0.1, 0.15) is 48.3 Å². The van der Waals surface area contributed by atoms with Gasteiger partial charge in [0.1, 0.15) is 0 Å². The highest BCUT2D eigenvalue weighted by atomic mass is 32.2. The molecular formula is C21H30N4O4S. The lowest BCUT2D eigenvalue weighted by atomic mass is 10.0. The number of carbonyl (C=O) groups excluding carboxylic acids is 1. The van der Waals surface area contributed by atoms with Gasteiger partial charge in [-0.25, -0.2) is 8.42 Å². The second-order valence-corrected chi connectivity index (χ2v) is 10.2. The number of rotatable bonds is 9. The number of hydrogen-bond donors (Lipinski definition) is 1. The fraction of sp³-hybridized carbons (Fsp3) is 0.571. The molecule has 1 atom stereocenters. The molecule has 1 fully saturated rings. The largest absolute Gasteiger partial charge is 0.348 e. The molecule has 0 unspecified atom stereocenters. The molecule has 0 radical (unpaired) electrons. The summed E-state index contributed by atoms with van der Waals surface area (Å²) in [5.74, 6) is 0.231. The van der Waals surface area contributed by atoms with Crippen molar-refractivity contribution in [2.24, 2.45) is 5.92 Å². The van der Waals surface area contributed by atoms with Crippen LogP contribution in [0.25, 0.3) is 0 Å². The standard InChI is InChI=1S/C21H30N4O4S/c1-16-6-8-18(9-7-16)30(27,28)14-10-19-23-21(29-24-19)20(26)22-11-4-13-25-12-3-5-17(2)15-25/h6-9,17H,3-5,10-15H2,1-2H3,(H,22,26)/t17-/m1/s1. The zero-order valence-corrected chi connectivity index (χ0v) is 18.5. The van der Waals surface area contributed by atoms with Gasteiger partial charge in [-0.1, -0.05) is 29.8 Å². The van der Waals surface area contributed by atoms with Crippen molar-refractivity contribution in [3.05, 3.63) is 41.5 Å². The molecule has 2 heterocycles. The molecule has 9 heteroatoms. The second-order valence-electron chi connectivity index (χ2n) is 8.06. The van der Waals surface area contributed by atoms with Crippen molar-refractivity contribution in [2.75, 3.05) is 31.9 Å². The molecule has 1 aromatic heterocycles. The molecule has 1 N–H and O–H groups in total. The van der Waals surface area contributed by atoms with Gasteiger partial charge in [-0.3, -0.25) is 4.79 Å². The monoisotopic (exact) mass is 434 g/mol. The smallest absolute Gasteiger partial charge is 0.315 e. The van der Waals surface area contributed by atoms with Gasteiger partial charge >= 0.3 is 11.8 Å². The molecular weight excluding hydrogens is 404 g/mol. The predicted molar refractivity (Wildman–Crippen MR) is 113 cm³/mol. The molecule has 1 aliphatic heterocycles. The van der Waals surface area contributed by atoms with Crippen LogP contribution in [-0.4, -0.2) is 61.3 Å². The number of likely N-dealkylation sites (tertiary alicyclic amines) is 1. The Morgan fingerprint density at radius 2 is 2.07 bits per heavy atom. The number of sulfone groups is 1. The maximum absolute atomic E-state index is 12.4. The van der Waals surface area contributed by atoms with Crippen LogP contribution >= 0.6 is 0 Å². The van der Waals surface area contributed by atoms with Crippen molar-refractivity contribution in [1.82, 2.24) is 20.4 Å². The van der Waals surface area contributed by atoms with Gasteiger partial charge in [0.15, 0.2) is 15.7 Å². The molecule has 8 nitrogen and oxygen atoms in total. The first-order valence-electron chi connectivity index (χ1n) is 10.5. The van der Waals surface area contributed by atoms with Gasteiger partial charge in [-0.15, -0.1) is 0 Å². The summed E-state index contributed by atoms with van der Waals surface area (Å²) >= 11 is 0. The first kappa shape index (κ1) is 22.4. The van der Waals surface area contributed by atoms with Crippen LogP contribution in [-0.2, 0) is 16.3 Å². The minimum atomic E-state index is -3.45. The number of hydrogen-bond acceptors (Lipinski definition) is 7. The fourth-order valence-electron chi connectivity index (χ4n) is 3.61. The van der Waals surface area contributed by atoms with Crippen LogP contribution in [0.3, 0.4) is 0 Å². The molecule has 0 saturated carbocycles. The Hall–Kier alpha value is -2.26. The van der Waals surface area contributed by atoms with E-state index in [9.17, 15) is 13.2 Å². The summed E-state index contributed by atoms with van der Waals surface area (Å²) in [7, 11) is -3.45. The molecule has 0 aliphatic carbocycles. The summed E-state index contributed by atoms with van der Waals surface area (Å²) in [6.45, 7) is 7.90. The lowest BCUT2D eigenvalue weighted by molar-refractivity contribution is 0.0906. The number of nitrogens with zero attached hydrogens (tertiary/aromatic N) is 3. The van der Waals surface area contributed by atoms with Crippen LogP contribution < -0.4 is 5.32 Å². The Morgan fingerprint density at radius 1 is 1.30 bits per heavy atom. The summed E-state index contributed by atoms with van der Waals surface area (Å²) in [6, 6.07) is 6.69. The van der Waals surface area contributed by atoms with E-state index in [1.807, 2.05) is 6.92 Å². The molecule has 1 amide bonds. The fourth-order valence-corrected chi connectivity index (χ4v) is 4.84. The van der Waals surface area contributed by atoms with Crippen molar-refractivity contribution >= 4 is 15.7 Å². The van der Waals surface area contributed by atoms with Gasteiger partial charge < -0.3 is 14.7 Å². The molecule has 0 bridgehead atoms. The molecule has 164 valence electrons. The van der Waals surface area contributed by atoms with Gasteiger partial charge in [0, 0.05) is 19.5 Å². The Bertz CT molecular complexity index is 940. The van der Waals surface area contributed by atoms with E-state index in [0.29, 0.717) is 6.54 Å². The highest BCUT2D eigenvalue weighted by Crippen LogP contribution is 2.15. The maximum atomic E-state index is 12.4. The average Bonchev–Trinajstić information content (AvgIpc) is 3.19. The van der Waals surface area contributed by atoms with E-state index < -0.39 is 15.7 Å². The first-order valence-corrected chi connectivity index (χ1v) is 12.1. The number of nitrogens with one attached hydrogen (secondary N) is 1. The van der Waals surface area contributed by atoms with Crippen LogP contribution in [0.15, 0.2) is 33.7 Å². The third-order valence-electron chi connectivity index (χ3n) is 5.31. The van der Waals surface area contributed by atoms with Crippen molar-refractivity contribution in [3.63, 3.8) is 0 Å². The number of carbonyl (C=O) groups is 1. The number of benzene rings is 1. The third-order valence-corrected chi connectivity index (χ3v) is 7.05. The van der Waals surface area contributed by atoms with E-state index in [-0.39, 0.29) is 28.8 Å². The minimum absolute atomic E-state index is 0.0835.